The van der Waals surface area contributed by atoms with Crippen molar-refractivity contribution in [3.05, 3.63) is 82.4 Å². The van der Waals surface area contributed by atoms with Gasteiger partial charge in [0.15, 0.2) is 0 Å². The first kappa shape index (κ1) is 23.8. The van der Waals surface area contributed by atoms with Gasteiger partial charge in [0.2, 0.25) is 0 Å². The molecule has 2 aliphatic rings. The standard InChI is InChI=1S/C28H27ClFN5O2/c1-32-8-13-35(28(32)37)25-5-2-18(14-24(25)29)22-16-20(30)17-23(27(22)36)19-6-7-31-26(15-19)34-11-9-33(10-12-34)21-3-4-21/h2,5-8,13-17,21,36H,3-4,9-12H2,1H3. The molecule has 7 nitrogen and oxygen atoms in total. The van der Waals surface area contributed by atoms with Gasteiger partial charge in [-0.3, -0.25) is 9.47 Å². The number of pyridine rings is 1. The van der Waals surface area contributed by atoms with E-state index in [0.717, 1.165) is 38.0 Å². The van der Waals surface area contributed by atoms with E-state index in [2.05, 4.69) is 14.8 Å². The molecule has 0 amide bonds. The molecule has 6 rings (SSSR count). The average molecular weight is 520 g/mol. The van der Waals surface area contributed by atoms with Crippen molar-refractivity contribution in [3.8, 4) is 33.7 Å². The number of imidazole rings is 1. The molecule has 1 aliphatic carbocycles. The molecule has 2 aromatic carbocycles. The van der Waals surface area contributed by atoms with Crippen LogP contribution in [0.2, 0.25) is 5.02 Å². The first-order chi connectivity index (χ1) is 17.9. The second kappa shape index (κ2) is 9.36. The zero-order valence-corrected chi connectivity index (χ0v) is 21.2. The van der Waals surface area contributed by atoms with Crippen LogP contribution in [0.5, 0.6) is 5.75 Å². The van der Waals surface area contributed by atoms with Gasteiger partial charge in [0.25, 0.3) is 0 Å². The molecule has 0 spiro atoms. The molecule has 9 heteroatoms. The molecule has 190 valence electrons. The van der Waals surface area contributed by atoms with E-state index in [1.807, 2.05) is 6.07 Å². The van der Waals surface area contributed by atoms with Crippen molar-refractivity contribution in [2.24, 2.45) is 7.05 Å². The van der Waals surface area contributed by atoms with Crippen LogP contribution in [0.3, 0.4) is 0 Å². The lowest BCUT2D eigenvalue weighted by Crippen LogP contribution is -2.47. The highest BCUT2D eigenvalue weighted by Crippen LogP contribution is 2.41. The highest BCUT2D eigenvalue weighted by molar-refractivity contribution is 6.32. The fraction of sp³-hybridized carbons (Fsp3) is 0.286. The van der Waals surface area contributed by atoms with Crippen LogP contribution >= 0.6 is 11.6 Å². The fourth-order valence-corrected chi connectivity index (χ4v) is 5.34. The molecule has 1 aliphatic heterocycles. The van der Waals surface area contributed by atoms with Crippen LogP contribution in [0.1, 0.15) is 12.8 Å². The van der Waals surface area contributed by atoms with E-state index in [-0.39, 0.29) is 11.4 Å². The lowest BCUT2D eigenvalue weighted by atomic mass is 9.97. The summed E-state index contributed by atoms with van der Waals surface area (Å²) in [6.07, 6.45) is 7.58. The molecule has 3 heterocycles. The van der Waals surface area contributed by atoms with Crippen molar-refractivity contribution in [2.45, 2.75) is 18.9 Å². The molecule has 2 fully saturated rings. The number of piperazine rings is 1. The summed E-state index contributed by atoms with van der Waals surface area (Å²) < 4.78 is 17.7. The van der Waals surface area contributed by atoms with E-state index in [1.54, 1.807) is 49.9 Å². The molecular formula is C28H27ClFN5O2. The zero-order chi connectivity index (χ0) is 25.7. The molecule has 0 unspecified atom stereocenters. The van der Waals surface area contributed by atoms with Crippen molar-refractivity contribution < 1.29 is 9.50 Å². The highest BCUT2D eigenvalue weighted by atomic mass is 35.5. The van der Waals surface area contributed by atoms with Crippen LogP contribution in [0.4, 0.5) is 10.2 Å². The van der Waals surface area contributed by atoms with Gasteiger partial charge < -0.3 is 14.6 Å². The van der Waals surface area contributed by atoms with E-state index >= 15 is 0 Å². The van der Waals surface area contributed by atoms with Crippen molar-refractivity contribution in [1.29, 1.82) is 0 Å². The second-order valence-electron chi connectivity index (χ2n) is 9.73. The number of hydrogen-bond donors (Lipinski definition) is 1. The number of nitrogens with zero attached hydrogens (tertiary/aromatic N) is 5. The lowest BCUT2D eigenvalue weighted by Gasteiger charge is -2.35. The normalized spacial score (nSPS) is 16.4. The number of anilines is 1. The first-order valence-electron chi connectivity index (χ1n) is 12.4. The number of phenols is 1. The van der Waals surface area contributed by atoms with E-state index in [1.165, 1.54) is 34.1 Å². The number of hydrogen-bond acceptors (Lipinski definition) is 5. The topological polar surface area (TPSA) is 66.5 Å². The Morgan fingerprint density at radius 2 is 1.68 bits per heavy atom. The van der Waals surface area contributed by atoms with Gasteiger partial charge in [-0.25, -0.2) is 14.2 Å². The average Bonchev–Trinajstić information content (AvgIpc) is 3.71. The van der Waals surface area contributed by atoms with Gasteiger partial charge in [0.1, 0.15) is 17.4 Å². The molecule has 0 bridgehead atoms. The largest absolute Gasteiger partial charge is 0.507 e. The number of phenolic OH excluding ortho intramolecular Hbond substituents is 1. The summed E-state index contributed by atoms with van der Waals surface area (Å²) in [4.78, 5) is 21.7. The van der Waals surface area contributed by atoms with Crippen molar-refractivity contribution in [1.82, 2.24) is 19.0 Å². The van der Waals surface area contributed by atoms with Gasteiger partial charge in [-0.2, -0.15) is 0 Å². The maximum absolute atomic E-state index is 14.8. The minimum Gasteiger partial charge on any atom is -0.507 e. The van der Waals surface area contributed by atoms with E-state index in [0.29, 0.717) is 33.0 Å². The van der Waals surface area contributed by atoms with Crippen LogP contribution < -0.4 is 10.6 Å². The Labute approximate surface area is 219 Å². The monoisotopic (exact) mass is 519 g/mol. The van der Waals surface area contributed by atoms with Crippen molar-refractivity contribution in [2.75, 3.05) is 31.1 Å². The van der Waals surface area contributed by atoms with Crippen molar-refractivity contribution >= 4 is 17.4 Å². The first-order valence-corrected chi connectivity index (χ1v) is 12.8. The Morgan fingerprint density at radius 1 is 0.973 bits per heavy atom. The van der Waals surface area contributed by atoms with E-state index in [9.17, 15) is 14.3 Å². The number of halogens is 2. The summed E-state index contributed by atoms with van der Waals surface area (Å²) in [5, 5.41) is 11.6. The summed E-state index contributed by atoms with van der Waals surface area (Å²) in [7, 11) is 1.66. The Hall–Kier alpha value is -3.62. The Morgan fingerprint density at radius 3 is 2.30 bits per heavy atom. The Bertz CT molecular complexity index is 1540. The minimum absolute atomic E-state index is 0.0437. The van der Waals surface area contributed by atoms with Crippen LogP contribution in [0, 0.1) is 5.82 Å². The highest BCUT2D eigenvalue weighted by Gasteiger charge is 2.31. The van der Waals surface area contributed by atoms with Crippen LogP contribution in [0.15, 0.2) is 65.8 Å². The van der Waals surface area contributed by atoms with Gasteiger partial charge in [-0.05, 0) is 60.4 Å². The molecule has 1 saturated heterocycles. The van der Waals surface area contributed by atoms with Gasteiger partial charge in [0.05, 0.1) is 10.7 Å². The van der Waals surface area contributed by atoms with E-state index in [4.69, 9.17) is 11.6 Å². The Kier molecular flexibility index (Phi) is 6.01. The molecule has 37 heavy (non-hydrogen) atoms. The molecule has 1 saturated carbocycles. The smallest absolute Gasteiger partial charge is 0.332 e. The van der Waals surface area contributed by atoms with E-state index < -0.39 is 5.82 Å². The molecule has 1 N–H and O–H groups in total. The van der Waals surface area contributed by atoms with Crippen molar-refractivity contribution in [3.63, 3.8) is 0 Å². The number of aromatic hydroxyl groups is 1. The summed E-state index contributed by atoms with van der Waals surface area (Å²) >= 11 is 6.52. The Balaban J connectivity index is 1.32. The lowest BCUT2D eigenvalue weighted by molar-refractivity contribution is 0.247. The summed E-state index contributed by atoms with van der Waals surface area (Å²) in [5.74, 6) is 0.301. The number of aromatic nitrogens is 3. The summed E-state index contributed by atoms with van der Waals surface area (Å²) in [6, 6.07) is 12.1. The third kappa shape index (κ3) is 4.51. The quantitative estimate of drug-likeness (QED) is 0.414. The minimum atomic E-state index is -0.473. The van der Waals surface area contributed by atoms with Crippen LogP contribution in [-0.2, 0) is 7.05 Å². The maximum atomic E-state index is 14.8. The SMILES string of the molecule is Cn1ccn(-c2ccc(-c3cc(F)cc(-c4ccnc(N5CCN(C6CC6)CC5)c4)c3O)cc2Cl)c1=O. The zero-order valence-electron chi connectivity index (χ0n) is 20.4. The molecule has 0 atom stereocenters. The molecule has 4 aromatic rings. The second-order valence-corrected chi connectivity index (χ2v) is 10.1. The predicted molar refractivity (Wildman–Crippen MR) is 143 cm³/mol. The third-order valence-corrected chi connectivity index (χ3v) is 7.60. The third-order valence-electron chi connectivity index (χ3n) is 7.30. The van der Waals surface area contributed by atoms with Gasteiger partial charge >= 0.3 is 5.69 Å². The summed E-state index contributed by atoms with van der Waals surface area (Å²) in [5.41, 5.74) is 2.21. The van der Waals surface area contributed by atoms with Gasteiger partial charge in [-0.1, -0.05) is 17.7 Å². The fourth-order valence-electron chi connectivity index (χ4n) is 5.07. The molecule has 0 radical (unpaired) electrons. The van der Waals surface area contributed by atoms with Crippen LogP contribution in [0.25, 0.3) is 27.9 Å². The number of aryl methyl sites for hydroxylation is 1. The van der Waals surface area contributed by atoms with Crippen LogP contribution in [-0.4, -0.2) is 56.3 Å². The molecular weight excluding hydrogens is 493 g/mol. The van der Waals surface area contributed by atoms with Gasteiger partial charge in [-0.15, -0.1) is 0 Å². The number of benzene rings is 2. The predicted octanol–water partition coefficient (Wildman–Crippen LogP) is 4.69. The summed E-state index contributed by atoms with van der Waals surface area (Å²) in [6.45, 7) is 3.81. The molecule has 2 aromatic heterocycles. The maximum Gasteiger partial charge on any atom is 0.332 e. The van der Waals surface area contributed by atoms with Gasteiger partial charge in [0, 0.05) is 69.0 Å². The number of rotatable bonds is 5.